The zero-order valence-corrected chi connectivity index (χ0v) is 17.9. The molecule has 0 aliphatic heterocycles. The monoisotopic (exact) mass is 381 g/mol. The SMILES string of the molecule is CCCCCCCCCCCCNC(=O)/C=C/C(=O)OCCCCCCC. The van der Waals surface area contributed by atoms with Gasteiger partial charge in [-0.3, -0.25) is 4.79 Å². The fourth-order valence-corrected chi connectivity index (χ4v) is 2.95. The average molecular weight is 382 g/mol. The van der Waals surface area contributed by atoms with Crippen molar-refractivity contribution in [2.75, 3.05) is 13.2 Å². The van der Waals surface area contributed by atoms with Crippen LogP contribution in [-0.2, 0) is 14.3 Å². The Balaban J connectivity index is 3.41. The summed E-state index contributed by atoms with van der Waals surface area (Å²) in [6, 6.07) is 0. The van der Waals surface area contributed by atoms with Crippen LogP contribution in [0.2, 0.25) is 0 Å². The molecule has 0 unspecified atom stereocenters. The zero-order chi connectivity index (χ0) is 20.0. The summed E-state index contributed by atoms with van der Waals surface area (Å²) < 4.78 is 5.08. The van der Waals surface area contributed by atoms with E-state index in [1.807, 2.05) is 0 Å². The fraction of sp³-hybridized carbons (Fsp3) is 0.826. The van der Waals surface area contributed by atoms with Crippen molar-refractivity contribution in [3.63, 3.8) is 0 Å². The van der Waals surface area contributed by atoms with Crippen LogP contribution in [0, 0.1) is 0 Å². The molecule has 0 aromatic rings. The lowest BCUT2D eigenvalue weighted by molar-refractivity contribution is -0.138. The van der Waals surface area contributed by atoms with Crippen molar-refractivity contribution in [3.8, 4) is 0 Å². The van der Waals surface area contributed by atoms with E-state index in [-0.39, 0.29) is 5.91 Å². The summed E-state index contributed by atoms with van der Waals surface area (Å²) in [7, 11) is 0. The third-order valence-electron chi connectivity index (χ3n) is 4.69. The van der Waals surface area contributed by atoms with Gasteiger partial charge < -0.3 is 10.1 Å². The molecule has 0 atom stereocenters. The summed E-state index contributed by atoms with van der Waals surface area (Å²) in [5.74, 6) is -0.648. The molecule has 4 heteroatoms. The van der Waals surface area contributed by atoms with Crippen LogP contribution in [0.4, 0.5) is 0 Å². The van der Waals surface area contributed by atoms with E-state index < -0.39 is 5.97 Å². The minimum absolute atomic E-state index is 0.217. The van der Waals surface area contributed by atoms with E-state index in [2.05, 4.69) is 19.2 Å². The van der Waals surface area contributed by atoms with Crippen molar-refractivity contribution >= 4 is 11.9 Å². The van der Waals surface area contributed by atoms with E-state index >= 15 is 0 Å². The van der Waals surface area contributed by atoms with Crippen LogP contribution in [0.1, 0.15) is 110 Å². The molecule has 0 aromatic heterocycles. The summed E-state index contributed by atoms with van der Waals surface area (Å²) in [5.41, 5.74) is 0. The maximum Gasteiger partial charge on any atom is 0.330 e. The maximum atomic E-state index is 11.7. The van der Waals surface area contributed by atoms with Crippen LogP contribution in [0.3, 0.4) is 0 Å². The molecule has 0 spiro atoms. The van der Waals surface area contributed by atoms with Crippen LogP contribution >= 0.6 is 0 Å². The van der Waals surface area contributed by atoms with Crippen molar-refractivity contribution in [2.24, 2.45) is 0 Å². The van der Waals surface area contributed by atoms with Crippen LogP contribution in [0.25, 0.3) is 0 Å². The molecular weight excluding hydrogens is 338 g/mol. The summed E-state index contributed by atoms with van der Waals surface area (Å²) >= 11 is 0. The van der Waals surface area contributed by atoms with Crippen molar-refractivity contribution < 1.29 is 14.3 Å². The van der Waals surface area contributed by atoms with Gasteiger partial charge in [0.05, 0.1) is 6.61 Å². The van der Waals surface area contributed by atoms with Crippen molar-refractivity contribution in [2.45, 2.75) is 110 Å². The first-order valence-corrected chi connectivity index (χ1v) is 11.3. The maximum absolute atomic E-state index is 11.7. The van der Waals surface area contributed by atoms with Gasteiger partial charge in [-0.25, -0.2) is 4.79 Å². The van der Waals surface area contributed by atoms with E-state index in [9.17, 15) is 9.59 Å². The molecule has 0 saturated heterocycles. The highest BCUT2D eigenvalue weighted by atomic mass is 16.5. The molecular formula is C23H43NO3. The lowest BCUT2D eigenvalue weighted by Crippen LogP contribution is -2.22. The molecule has 0 aliphatic rings. The lowest BCUT2D eigenvalue weighted by Gasteiger charge is -2.04. The molecule has 0 saturated carbocycles. The van der Waals surface area contributed by atoms with Gasteiger partial charge in [-0.15, -0.1) is 0 Å². The highest BCUT2D eigenvalue weighted by Gasteiger charge is 2.00. The zero-order valence-electron chi connectivity index (χ0n) is 17.9. The minimum atomic E-state index is -0.431. The van der Waals surface area contributed by atoms with Gasteiger partial charge in [0.2, 0.25) is 5.91 Å². The largest absolute Gasteiger partial charge is 0.463 e. The first-order valence-electron chi connectivity index (χ1n) is 11.3. The van der Waals surface area contributed by atoms with Gasteiger partial charge in [-0.2, -0.15) is 0 Å². The Bertz CT molecular complexity index is 380. The van der Waals surface area contributed by atoms with Crippen LogP contribution in [-0.4, -0.2) is 25.0 Å². The first-order chi connectivity index (χ1) is 13.2. The normalized spacial score (nSPS) is 11.0. The molecule has 1 amide bonds. The number of unbranched alkanes of at least 4 members (excludes halogenated alkanes) is 13. The molecule has 158 valence electrons. The number of hydrogen-bond acceptors (Lipinski definition) is 3. The number of esters is 1. The molecule has 0 heterocycles. The summed E-state index contributed by atoms with van der Waals surface area (Å²) in [6.45, 7) is 5.53. The molecule has 1 N–H and O–H groups in total. The number of carbonyl (C=O) groups excluding carboxylic acids is 2. The molecule has 0 radical (unpaired) electrons. The van der Waals surface area contributed by atoms with E-state index in [1.54, 1.807) is 0 Å². The first kappa shape index (κ1) is 25.7. The number of rotatable bonds is 19. The summed E-state index contributed by atoms with van der Waals surface area (Å²) in [4.78, 5) is 23.2. The standard InChI is InChI=1S/C23H43NO3/c1-3-5-7-9-10-11-12-13-14-16-20-24-22(25)18-19-23(26)27-21-17-15-8-6-4-2/h18-19H,3-17,20-21H2,1-2H3,(H,24,25)/b19-18+. The Kier molecular flexibility index (Phi) is 20.0. The minimum Gasteiger partial charge on any atom is -0.463 e. The van der Waals surface area contributed by atoms with Crippen LogP contribution < -0.4 is 5.32 Å². The van der Waals surface area contributed by atoms with Gasteiger partial charge in [0, 0.05) is 18.7 Å². The Hall–Kier alpha value is -1.32. The predicted octanol–water partition coefficient (Wildman–Crippen LogP) is 6.09. The molecule has 0 fully saturated rings. The number of hydrogen-bond donors (Lipinski definition) is 1. The number of amides is 1. The highest BCUT2D eigenvalue weighted by molar-refractivity contribution is 5.94. The van der Waals surface area contributed by atoms with Gasteiger partial charge in [0.15, 0.2) is 0 Å². The van der Waals surface area contributed by atoms with Crippen molar-refractivity contribution in [3.05, 3.63) is 12.2 Å². The summed E-state index contributed by atoms with van der Waals surface area (Å²) in [6.07, 6.45) is 20.9. The second-order valence-electron chi connectivity index (χ2n) is 7.39. The topological polar surface area (TPSA) is 55.4 Å². The second kappa shape index (κ2) is 21.0. The van der Waals surface area contributed by atoms with E-state index in [0.717, 1.165) is 25.7 Å². The average Bonchev–Trinajstić information content (AvgIpc) is 2.67. The lowest BCUT2D eigenvalue weighted by atomic mass is 10.1. The second-order valence-corrected chi connectivity index (χ2v) is 7.39. The van der Waals surface area contributed by atoms with Gasteiger partial charge >= 0.3 is 5.97 Å². The number of ether oxygens (including phenoxy) is 1. The van der Waals surface area contributed by atoms with Crippen LogP contribution in [0.5, 0.6) is 0 Å². The quantitative estimate of drug-likeness (QED) is 0.167. The van der Waals surface area contributed by atoms with Gasteiger partial charge in [-0.1, -0.05) is 97.3 Å². The van der Waals surface area contributed by atoms with Crippen molar-refractivity contribution in [1.29, 1.82) is 0 Å². The molecule has 0 aromatic carbocycles. The Morgan fingerprint density at radius 2 is 1.15 bits per heavy atom. The molecule has 0 bridgehead atoms. The predicted molar refractivity (Wildman–Crippen MR) is 114 cm³/mol. The van der Waals surface area contributed by atoms with E-state index in [0.29, 0.717) is 13.2 Å². The Morgan fingerprint density at radius 1 is 0.667 bits per heavy atom. The number of nitrogens with one attached hydrogen (secondary N) is 1. The van der Waals surface area contributed by atoms with Gasteiger partial charge in [0.1, 0.15) is 0 Å². The molecule has 0 aliphatic carbocycles. The molecule has 27 heavy (non-hydrogen) atoms. The number of carbonyl (C=O) groups is 2. The van der Waals surface area contributed by atoms with Crippen LogP contribution in [0.15, 0.2) is 12.2 Å². The Labute approximate surface area is 167 Å². The third-order valence-corrected chi connectivity index (χ3v) is 4.69. The third kappa shape index (κ3) is 20.8. The molecule has 4 nitrogen and oxygen atoms in total. The molecule has 0 rings (SSSR count). The Morgan fingerprint density at radius 3 is 1.70 bits per heavy atom. The van der Waals surface area contributed by atoms with E-state index in [1.165, 1.54) is 82.8 Å². The smallest absolute Gasteiger partial charge is 0.330 e. The van der Waals surface area contributed by atoms with Gasteiger partial charge in [0.25, 0.3) is 0 Å². The van der Waals surface area contributed by atoms with E-state index in [4.69, 9.17) is 4.74 Å². The van der Waals surface area contributed by atoms with Gasteiger partial charge in [-0.05, 0) is 12.8 Å². The van der Waals surface area contributed by atoms with Crippen molar-refractivity contribution in [1.82, 2.24) is 5.32 Å². The highest BCUT2D eigenvalue weighted by Crippen LogP contribution is 2.10. The summed E-state index contributed by atoms with van der Waals surface area (Å²) in [5, 5.41) is 2.82. The fourth-order valence-electron chi connectivity index (χ4n) is 2.95.